The Labute approximate surface area is 158 Å². The van der Waals surface area contributed by atoms with Crippen molar-refractivity contribution in [1.82, 2.24) is 25.4 Å². The van der Waals surface area contributed by atoms with Gasteiger partial charge in [0.1, 0.15) is 6.33 Å². The van der Waals surface area contributed by atoms with Gasteiger partial charge in [-0.3, -0.25) is 5.10 Å². The van der Waals surface area contributed by atoms with Crippen LogP contribution in [0.3, 0.4) is 0 Å². The zero-order valence-corrected chi connectivity index (χ0v) is 16.0. The van der Waals surface area contributed by atoms with Crippen molar-refractivity contribution in [3.63, 3.8) is 0 Å². The highest BCUT2D eigenvalue weighted by Gasteiger charge is 2.22. The van der Waals surface area contributed by atoms with Gasteiger partial charge in [0, 0.05) is 25.2 Å². The number of β-amino-alcohol motifs (C(OH)–C–C–N with tert-alkyl or cyclic N) is 1. The van der Waals surface area contributed by atoms with E-state index in [9.17, 15) is 5.11 Å². The van der Waals surface area contributed by atoms with Crippen LogP contribution in [0, 0.1) is 0 Å². The largest absolute Gasteiger partial charge is 0.391 e. The summed E-state index contributed by atoms with van der Waals surface area (Å²) in [5.74, 6) is 1.61. The number of H-pyrrole nitrogens is 1. The van der Waals surface area contributed by atoms with E-state index < -0.39 is 0 Å². The maximum absolute atomic E-state index is 9.70. The van der Waals surface area contributed by atoms with Gasteiger partial charge in [-0.15, -0.1) is 24.0 Å². The van der Waals surface area contributed by atoms with Crippen LogP contribution < -0.4 is 5.32 Å². The molecule has 0 saturated carbocycles. The number of benzene rings is 1. The van der Waals surface area contributed by atoms with Crippen molar-refractivity contribution in [2.75, 3.05) is 19.6 Å². The van der Waals surface area contributed by atoms with Crippen LogP contribution in [0.4, 0.5) is 0 Å². The molecule has 1 aliphatic rings. The van der Waals surface area contributed by atoms with E-state index in [-0.39, 0.29) is 30.1 Å². The standard InChI is InChI=1S/C16H22N6O.HI/c1-2-17-16(22-7-6-14(23)10-22)18-9-12-4-3-5-13(8-12)15-19-11-20-21-15;/h3-5,8,11,14,23H,2,6-7,9-10H2,1H3,(H,17,18)(H,19,20,21);1H/t14-;/m1./s1. The van der Waals surface area contributed by atoms with Gasteiger partial charge in [-0.1, -0.05) is 18.2 Å². The van der Waals surface area contributed by atoms with Gasteiger partial charge in [-0.05, 0) is 25.0 Å². The average molecular weight is 442 g/mol. The van der Waals surface area contributed by atoms with Gasteiger partial charge in [-0.25, -0.2) is 9.98 Å². The molecule has 0 spiro atoms. The van der Waals surface area contributed by atoms with E-state index in [0.717, 1.165) is 42.4 Å². The van der Waals surface area contributed by atoms with Crippen molar-refractivity contribution in [3.8, 4) is 11.4 Å². The Morgan fingerprint density at radius 3 is 3.04 bits per heavy atom. The summed E-state index contributed by atoms with van der Waals surface area (Å²) < 4.78 is 0. The van der Waals surface area contributed by atoms with Gasteiger partial charge in [0.05, 0.1) is 12.6 Å². The molecule has 1 atom stereocenters. The first kappa shape index (κ1) is 18.7. The number of aromatic amines is 1. The monoisotopic (exact) mass is 442 g/mol. The smallest absolute Gasteiger partial charge is 0.194 e. The number of guanidine groups is 1. The number of hydrogen-bond acceptors (Lipinski definition) is 4. The Hall–Kier alpha value is -1.68. The van der Waals surface area contributed by atoms with E-state index >= 15 is 0 Å². The van der Waals surface area contributed by atoms with Crippen LogP contribution >= 0.6 is 24.0 Å². The van der Waals surface area contributed by atoms with Gasteiger partial charge >= 0.3 is 0 Å². The Morgan fingerprint density at radius 1 is 1.50 bits per heavy atom. The van der Waals surface area contributed by atoms with Crippen molar-refractivity contribution in [2.24, 2.45) is 4.99 Å². The Balaban J connectivity index is 0.00000208. The highest BCUT2D eigenvalue weighted by molar-refractivity contribution is 14.0. The molecule has 2 aromatic rings. The molecule has 1 aromatic carbocycles. The minimum Gasteiger partial charge on any atom is -0.391 e. The molecule has 0 amide bonds. The predicted molar refractivity (Wildman–Crippen MR) is 104 cm³/mol. The number of likely N-dealkylation sites (tertiary alicyclic amines) is 1. The summed E-state index contributed by atoms with van der Waals surface area (Å²) in [7, 11) is 0. The van der Waals surface area contributed by atoms with Crippen LogP contribution in [0.15, 0.2) is 35.6 Å². The second-order valence-electron chi connectivity index (χ2n) is 5.59. The fraction of sp³-hybridized carbons (Fsp3) is 0.438. The molecule has 3 rings (SSSR count). The van der Waals surface area contributed by atoms with Crippen LogP contribution in [0.5, 0.6) is 0 Å². The van der Waals surface area contributed by atoms with Crippen LogP contribution in [-0.2, 0) is 6.54 Å². The Morgan fingerprint density at radius 2 is 2.38 bits per heavy atom. The zero-order chi connectivity index (χ0) is 16.1. The number of rotatable bonds is 4. The molecule has 0 bridgehead atoms. The Kier molecular flexibility index (Phi) is 6.98. The minimum atomic E-state index is -0.256. The molecule has 3 N–H and O–H groups in total. The lowest BCUT2D eigenvalue weighted by Crippen LogP contribution is -2.40. The van der Waals surface area contributed by atoms with Crippen molar-refractivity contribution in [3.05, 3.63) is 36.2 Å². The summed E-state index contributed by atoms with van der Waals surface area (Å²) in [4.78, 5) is 11.0. The van der Waals surface area contributed by atoms with Crippen molar-refractivity contribution < 1.29 is 5.11 Å². The summed E-state index contributed by atoms with van der Waals surface area (Å²) in [5, 5.41) is 19.7. The van der Waals surface area contributed by atoms with Gasteiger partial charge < -0.3 is 15.3 Å². The first-order valence-corrected chi connectivity index (χ1v) is 7.92. The second kappa shape index (κ2) is 8.97. The Bertz CT molecular complexity index is 660. The molecule has 1 fully saturated rings. The molecule has 1 aromatic heterocycles. The first-order chi connectivity index (χ1) is 11.3. The molecule has 1 saturated heterocycles. The molecule has 0 aliphatic carbocycles. The van der Waals surface area contributed by atoms with Crippen LogP contribution in [-0.4, -0.2) is 56.9 Å². The number of aliphatic hydroxyl groups excluding tert-OH is 1. The second-order valence-corrected chi connectivity index (χ2v) is 5.59. The topological polar surface area (TPSA) is 89.4 Å². The molecule has 7 nitrogen and oxygen atoms in total. The highest BCUT2D eigenvalue weighted by atomic mass is 127. The third-order valence-corrected chi connectivity index (χ3v) is 3.82. The SMILES string of the molecule is CCNC(=NCc1cccc(-c2ncn[nH]2)c1)N1CC[C@@H](O)C1.I. The number of aliphatic hydroxyl groups is 1. The van der Waals surface area contributed by atoms with E-state index in [4.69, 9.17) is 4.99 Å². The first-order valence-electron chi connectivity index (χ1n) is 7.92. The summed E-state index contributed by atoms with van der Waals surface area (Å²) in [5.41, 5.74) is 2.10. The normalized spacial score (nSPS) is 17.7. The molecular weight excluding hydrogens is 419 g/mol. The number of nitrogens with zero attached hydrogens (tertiary/aromatic N) is 4. The minimum absolute atomic E-state index is 0. The van der Waals surface area contributed by atoms with Gasteiger partial charge in [0.15, 0.2) is 11.8 Å². The van der Waals surface area contributed by atoms with Gasteiger partial charge in [-0.2, -0.15) is 5.10 Å². The van der Waals surface area contributed by atoms with Crippen LogP contribution in [0.2, 0.25) is 0 Å². The van der Waals surface area contributed by atoms with E-state index in [0.29, 0.717) is 13.1 Å². The maximum Gasteiger partial charge on any atom is 0.194 e. The van der Waals surface area contributed by atoms with Crippen molar-refractivity contribution in [2.45, 2.75) is 26.0 Å². The summed E-state index contributed by atoms with van der Waals surface area (Å²) in [6.45, 7) is 4.92. The summed E-state index contributed by atoms with van der Waals surface area (Å²) >= 11 is 0. The maximum atomic E-state index is 9.70. The fourth-order valence-electron chi connectivity index (χ4n) is 2.69. The lowest BCUT2D eigenvalue weighted by Gasteiger charge is -2.20. The average Bonchev–Trinajstić information content (AvgIpc) is 3.23. The lowest BCUT2D eigenvalue weighted by atomic mass is 10.1. The highest BCUT2D eigenvalue weighted by Crippen LogP contribution is 2.16. The summed E-state index contributed by atoms with van der Waals surface area (Å²) in [6.07, 6.45) is 2.04. The third-order valence-electron chi connectivity index (χ3n) is 3.82. The van der Waals surface area contributed by atoms with E-state index in [1.54, 1.807) is 0 Å². The number of hydrogen-bond donors (Lipinski definition) is 3. The van der Waals surface area contributed by atoms with Crippen LogP contribution in [0.25, 0.3) is 11.4 Å². The fourth-order valence-corrected chi connectivity index (χ4v) is 2.69. The predicted octanol–water partition coefficient (Wildman–Crippen LogP) is 1.62. The zero-order valence-electron chi connectivity index (χ0n) is 13.6. The number of aromatic nitrogens is 3. The molecular formula is C16H23IN6O. The summed E-state index contributed by atoms with van der Waals surface area (Å²) in [6, 6.07) is 8.10. The lowest BCUT2D eigenvalue weighted by molar-refractivity contribution is 0.188. The molecule has 2 heterocycles. The number of aliphatic imine (C=N–C) groups is 1. The molecule has 0 radical (unpaired) electrons. The molecule has 24 heavy (non-hydrogen) atoms. The van der Waals surface area contributed by atoms with Crippen LogP contribution in [0.1, 0.15) is 18.9 Å². The molecule has 8 heteroatoms. The van der Waals surface area contributed by atoms with Crippen molar-refractivity contribution in [1.29, 1.82) is 0 Å². The van der Waals surface area contributed by atoms with Crippen molar-refractivity contribution >= 4 is 29.9 Å². The molecule has 0 unspecified atom stereocenters. The van der Waals surface area contributed by atoms with E-state index in [1.807, 2.05) is 25.1 Å². The number of nitrogens with one attached hydrogen (secondary N) is 2. The van der Waals surface area contributed by atoms with E-state index in [2.05, 4.69) is 31.5 Å². The molecule has 1 aliphatic heterocycles. The van der Waals surface area contributed by atoms with Gasteiger partial charge in [0.25, 0.3) is 0 Å². The van der Waals surface area contributed by atoms with Gasteiger partial charge in [0.2, 0.25) is 0 Å². The van der Waals surface area contributed by atoms with E-state index in [1.165, 1.54) is 6.33 Å². The molecule has 130 valence electrons. The third kappa shape index (κ3) is 4.67. The number of halogens is 1. The quantitative estimate of drug-likeness (QED) is 0.381.